The number of nitrogens with one attached hydrogen (secondary N) is 2. The first-order chi connectivity index (χ1) is 14.1. The van der Waals surface area contributed by atoms with Crippen LogP contribution in [0.4, 0.5) is 11.5 Å². The summed E-state index contributed by atoms with van der Waals surface area (Å²) in [5.41, 5.74) is 2.19. The minimum Gasteiger partial charge on any atom is -0.334 e. The van der Waals surface area contributed by atoms with E-state index in [9.17, 15) is 4.79 Å². The lowest BCUT2D eigenvalue weighted by Crippen LogP contribution is -2.21. The van der Waals surface area contributed by atoms with Crippen molar-refractivity contribution >= 4 is 39.0 Å². The van der Waals surface area contributed by atoms with E-state index in [1.807, 2.05) is 30.3 Å². The highest BCUT2D eigenvalue weighted by Crippen LogP contribution is 2.27. The Labute approximate surface area is 179 Å². The van der Waals surface area contributed by atoms with Crippen molar-refractivity contribution < 1.29 is 0 Å². The van der Waals surface area contributed by atoms with E-state index < -0.39 is 0 Å². The lowest BCUT2D eigenvalue weighted by Gasteiger charge is -2.11. The quantitative estimate of drug-likeness (QED) is 0.444. The SMILES string of the molecule is O=c1c(Nc2ccc(Br)cc2Cl)nccn1-c1ccc(CCc2nn[nH]n2)cc1. The van der Waals surface area contributed by atoms with Crippen LogP contribution in [0.25, 0.3) is 5.69 Å². The molecule has 8 nitrogen and oxygen atoms in total. The Kier molecular flexibility index (Phi) is 5.68. The van der Waals surface area contributed by atoms with Gasteiger partial charge in [0.25, 0.3) is 5.56 Å². The van der Waals surface area contributed by atoms with Gasteiger partial charge in [0.1, 0.15) is 0 Å². The molecule has 0 bridgehead atoms. The van der Waals surface area contributed by atoms with Crippen LogP contribution in [0.1, 0.15) is 11.4 Å². The number of anilines is 2. The van der Waals surface area contributed by atoms with Gasteiger partial charge in [0, 0.05) is 29.0 Å². The minimum atomic E-state index is -0.272. The summed E-state index contributed by atoms with van der Waals surface area (Å²) in [5, 5.41) is 17.4. The van der Waals surface area contributed by atoms with Crippen LogP contribution in [0.15, 0.2) is 64.1 Å². The van der Waals surface area contributed by atoms with Gasteiger partial charge in [-0.15, -0.1) is 10.2 Å². The van der Waals surface area contributed by atoms with Crippen LogP contribution in [0.5, 0.6) is 0 Å². The van der Waals surface area contributed by atoms with Crippen LogP contribution in [0, 0.1) is 0 Å². The standard InChI is InChI=1S/C19H15BrClN7O/c20-13-4-7-16(15(21)11-13)23-18-19(29)28(10-9-22-18)14-5-1-12(2-6-14)3-8-17-24-26-27-25-17/h1-2,4-7,9-11H,3,8H2,(H,22,23)(H,24,25,26,27). The average Bonchev–Trinajstić information content (AvgIpc) is 3.24. The van der Waals surface area contributed by atoms with Crippen molar-refractivity contribution in [3.63, 3.8) is 0 Å². The maximum Gasteiger partial charge on any atom is 0.298 e. The lowest BCUT2D eigenvalue weighted by molar-refractivity contribution is 0.863. The number of nitrogens with zero attached hydrogens (tertiary/aromatic N) is 5. The number of aromatic amines is 1. The Morgan fingerprint density at radius 1 is 1.14 bits per heavy atom. The molecule has 0 aliphatic carbocycles. The van der Waals surface area contributed by atoms with Crippen LogP contribution in [0.2, 0.25) is 5.02 Å². The maximum absolute atomic E-state index is 12.9. The third-order valence-corrected chi connectivity index (χ3v) is 5.07. The molecule has 0 saturated carbocycles. The van der Waals surface area contributed by atoms with Gasteiger partial charge in [-0.2, -0.15) is 5.21 Å². The Morgan fingerprint density at radius 2 is 1.97 bits per heavy atom. The first kappa shape index (κ1) is 19.3. The molecule has 0 atom stereocenters. The molecule has 29 heavy (non-hydrogen) atoms. The minimum absolute atomic E-state index is 0.193. The fraction of sp³-hybridized carbons (Fsp3) is 0.105. The number of H-pyrrole nitrogens is 1. The first-order valence-electron chi connectivity index (χ1n) is 8.71. The molecule has 4 rings (SSSR count). The van der Waals surface area contributed by atoms with Crippen molar-refractivity contribution in [1.82, 2.24) is 30.2 Å². The van der Waals surface area contributed by atoms with E-state index in [4.69, 9.17) is 11.6 Å². The molecule has 2 heterocycles. The van der Waals surface area contributed by atoms with Crippen LogP contribution in [-0.2, 0) is 12.8 Å². The third-order valence-electron chi connectivity index (χ3n) is 4.27. The number of tetrazole rings is 1. The highest BCUT2D eigenvalue weighted by Gasteiger charge is 2.09. The van der Waals surface area contributed by atoms with E-state index in [1.54, 1.807) is 24.5 Å². The molecule has 10 heteroatoms. The Balaban J connectivity index is 1.54. The predicted molar refractivity (Wildman–Crippen MR) is 114 cm³/mol. The van der Waals surface area contributed by atoms with Crippen molar-refractivity contribution in [1.29, 1.82) is 0 Å². The number of hydrogen-bond donors (Lipinski definition) is 2. The van der Waals surface area contributed by atoms with Crippen molar-refractivity contribution in [3.05, 3.63) is 86.1 Å². The molecular formula is C19H15BrClN7O. The van der Waals surface area contributed by atoms with Gasteiger partial charge in [-0.3, -0.25) is 9.36 Å². The highest BCUT2D eigenvalue weighted by molar-refractivity contribution is 9.10. The molecule has 0 radical (unpaired) electrons. The molecule has 0 fully saturated rings. The van der Waals surface area contributed by atoms with Gasteiger partial charge in [0.05, 0.1) is 10.7 Å². The Morgan fingerprint density at radius 3 is 2.69 bits per heavy atom. The summed E-state index contributed by atoms with van der Waals surface area (Å²) >= 11 is 9.59. The molecule has 2 aromatic heterocycles. The zero-order chi connectivity index (χ0) is 20.2. The van der Waals surface area contributed by atoms with Gasteiger partial charge in [0.2, 0.25) is 0 Å². The van der Waals surface area contributed by atoms with Gasteiger partial charge in [-0.1, -0.05) is 44.9 Å². The number of aryl methyl sites for hydroxylation is 2. The van der Waals surface area contributed by atoms with Gasteiger partial charge >= 0.3 is 0 Å². The second-order valence-electron chi connectivity index (χ2n) is 6.19. The molecule has 0 amide bonds. The molecule has 146 valence electrons. The number of benzene rings is 2. The zero-order valence-corrected chi connectivity index (χ0v) is 17.4. The largest absolute Gasteiger partial charge is 0.334 e. The molecule has 4 aromatic rings. The first-order valence-corrected chi connectivity index (χ1v) is 9.88. The highest BCUT2D eigenvalue weighted by atomic mass is 79.9. The predicted octanol–water partition coefficient (Wildman–Crippen LogP) is 3.69. The summed E-state index contributed by atoms with van der Waals surface area (Å²) in [7, 11) is 0. The third kappa shape index (κ3) is 4.52. The van der Waals surface area contributed by atoms with E-state index in [0.29, 0.717) is 23.0 Å². The molecule has 0 saturated heterocycles. The second kappa shape index (κ2) is 8.54. The van der Waals surface area contributed by atoms with E-state index in [2.05, 4.69) is 46.9 Å². The Hall–Kier alpha value is -3.04. The Bertz CT molecular complexity index is 1180. The topological polar surface area (TPSA) is 101 Å². The summed E-state index contributed by atoms with van der Waals surface area (Å²) in [5.74, 6) is 0.861. The maximum atomic E-state index is 12.9. The summed E-state index contributed by atoms with van der Waals surface area (Å²) in [6.45, 7) is 0. The van der Waals surface area contributed by atoms with Crippen LogP contribution in [0.3, 0.4) is 0 Å². The van der Waals surface area contributed by atoms with E-state index >= 15 is 0 Å². The molecule has 0 aliphatic heterocycles. The van der Waals surface area contributed by atoms with Gasteiger partial charge < -0.3 is 5.32 Å². The molecule has 0 aliphatic rings. The van der Waals surface area contributed by atoms with Crippen molar-refractivity contribution in [2.45, 2.75) is 12.8 Å². The number of aromatic nitrogens is 6. The van der Waals surface area contributed by atoms with Crippen molar-refractivity contribution in [2.24, 2.45) is 0 Å². The summed E-state index contributed by atoms with van der Waals surface area (Å²) in [4.78, 5) is 17.0. The van der Waals surface area contributed by atoms with Crippen molar-refractivity contribution in [3.8, 4) is 5.69 Å². The monoisotopic (exact) mass is 471 g/mol. The number of hydrogen-bond acceptors (Lipinski definition) is 6. The van der Waals surface area contributed by atoms with Crippen LogP contribution < -0.4 is 10.9 Å². The summed E-state index contributed by atoms with van der Waals surface area (Å²) in [6, 6.07) is 13.1. The van der Waals surface area contributed by atoms with Gasteiger partial charge in [0.15, 0.2) is 11.6 Å². The smallest absolute Gasteiger partial charge is 0.298 e. The van der Waals surface area contributed by atoms with Crippen LogP contribution >= 0.6 is 27.5 Å². The molecule has 0 spiro atoms. The van der Waals surface area contributed by atoms with Crippen LogP contribution in [-0.4, -0.2) is 30.2 Å². The fourth-order valence-electron chi connectivity index (χ4n) is 2.79. The zero-order valence-electron chi connectivity index (χ0n) is 15.0. The number of rotatable bonds is 6. The number of halogens is 2. The lowest BCUT2D eigenvalue weighted by atomic mass is 10.1. The summed E-state index contributed by atoms with van der Waals surface area (Å²) in [6.07, 6.45) is 4.67. The molecule has 0 unspecified atom stereocenters. The molecule has 2 aromatic carbocycles. The van der Waals surface area contributed by atoms with E-state index in [1.165, 1.54) is 4.57 Å². The van der Waals surface area contributed by atoms with E-state index in [0.717, 1.165) is 22.1 Å². The fourth-order valence-corrected chi connectivity index (χ4v) is 3.51. The van der Waals surface area contributed by atoms with Gasteiger partial charge in [-0.05, 0) is 42.3 Å². The molecule has 2 N–H and O–H groups in total. The molecular weight excluding hydrogens is 458 g/mol. The normalized spacial score (nSPS) is 10.8. The van der Waals surface area contributed by atoms with Crippen molar-refractivity contribution in [2.75, 3.05) is 5.32 Å². The van der Waals surface area contributed by atoms with E-state index in [-0.39, 0.29) is 11.4 Å². The van der Waals surface area contributed by atoms with Gasteiger partial charge in [-0.25, -0.2) is 4.98 Å². The summed E-state index contributed by atoms with van der Waals surface area (Å²) < 4.78 is 2.39. The average molecular weight is 473 g/mol. The second-order valence-corrected chi connectivity index (χ2v) is 7.52.